The molecule has 9 heteroatoms. The minimum atomic E-state index is -5.16. The molecule has 3 N–H and O–H groups in total. The molecule has 108 valence electrons. The minimum Gasteiger partial charge on any atom is -0.462 e. The van der Waals surface area contributed by atoms with E-state index in [0.717, 1.165) is 7.05 Å². The topological polar surface area (TPSA) is 85.7 Å². The molecule has 0 aromatic carbocycles. The van der Waals surface area contributed by atoms with Crippen molar-refractivity contribution in [2.75, 3.05) is 20.7 Å². The number of esters is 1. The molecule has 0 fully saturated rings. The third kappa shape index (κ3) is 2.03. The van der Waals surface area contributed by atoms with Gasteiger partial charge in [0, 0.05) is 14.1 Å². The lowest BCUT2D eigenvalue weighted by Crippen LogP contribution is -2.58. The molecule has 0 aliphatic carbocycles. The number of amidine groups is 1. The number of rotatable bonds is 3. The second kappa shape index (κ2) is 4.72. The van der Waals surface area contributed by atoms with E-state index in [1.807, 2.05) is 0 Å². The van der Waals surface area contributed by atoms with Gasteiger partial charge in [0.05, 0.1) is 12.3 Å². The van der Waals surface area contributed by atoms with E-state index in [0.29, 0.717) is 0 Å². The number of hydrogen-bond acceptors (Lipinski definition) is 5. The lowest BCUT2D eigenvalue weighted by atomic mass is 10.0. The second-order valence-electron chi connectivity index (χ2n) is 3.80. The van der Waals surface area contributed by atoms with E-state index >= 15 is 0 Å². The number of aliphatic hydroxyl groups is 1. The van der Waals surface area contributed by atoms with Gasteiger partial charge in [-0.3, -0.25) is 5.41 Å². The van der Waals surface area contributed by atoms with Crippen LogP contribution in [0.1, 0.15) is 6.92 Å². The lowest BCUT2D eigenvalue weighted by Gasteiger charge is -2.34. The van der Waals surface area contributed by atoms with Gasteiger partial charge < -0.3 is 20.1 Å². The van der Waals surface area contributed by atoms with Crippen molar-refractivity contribution in [1.82, 2.24) is 10.2 Å². The maximum Gasteiger partial charge on any atom is 0.441 e. The van der Waals surface area contributed by atoms with Crippen LogP contribution in [0, 0.1) is 5.41 Å². The molecule has 1 rings (SSSR count). The van der Waals surface area contributed by atoms with Crippen LogP contribution in [0.25, 0.3) is 0 Å². The Balaban J connectivity index is 3.49. The minimum absolute atomic E-state index is 0.148. The molecule has 0 saturated heterocycles. The number of hydrogen-bond donors (Lipinski definition) is 3. The molecule has 1 aliphatic heterocycles. The summed E-state index contributed by atoms with van der Waals surface area (Å²) in [4.78, 5) is 11.9. The quantitative estimate of drug-likeness (QED) is 0.643. The maximum absolute atomic E-state index is 13.1. The fourth-order valence-corrected chi connectivity index (χ4v) is 1.81. The Morgan fingerprint density at radius 3 is 2.47 bits per heavy atom. The molecule has 1 unspecified atom stereocenters. The SMILES string of the molecule is CCOC(=O)C1=C(NC)C(=N)N(C)C1(O)C(F)(F)F. The molecule has 1 atom stereocenters. The molecule has 0 spiro atoms. The van der Waals surface area contributed by atoms with Gasteiger partial charge in [0.1, 0.15) is 11.4 Å². The average Bonchev–Trinajstić information content (AvgIpc) is 2.50. The highest BCUT2D eigenvalue weighted by Gasteiger charge is 2.67. The highest BCUT2D eigenvalue weighted by Crippen LogP contribution is 2.44. The Morgan fingerprint density at radius 2 is 2.11 bits per heavy atom. The number of nitrogens with one attached hydrogen (secondary N) is 2. The first-order valence-corrected chi connectivity index (χ1v) is 5.34. The summed E-state index contributed by atoms with van der Waals surface area (Å²) in [6.45, 7) is 1.28. The third-order valence-corrected chi connectivity index (χ3v) is 2.78. The van der Waals surface area contributed by atoms with Crippen molar-refractivity contribution in [2.24, 2.45) is 0 Å². The molecule has 1 aliphatic rings. The third-order valence-electron chi connectivity index (χ3n) is 2.78. The van der Waals surface area contributed by atoms with Crippen LogP contribution >= 0.6 is 0 Å². The van der Waals surface area contributed by atoms with Crippen molar-refractivity contribution in [3.8, 4) is 0 Å². The highest BCUT2D eigenvalue weighted by molar-refractivity contribution is 6.09. The number of ether oxygens (including phenoxy) is 1. The van der Waals surface area contributed by atoms with Gasteiger partial charge in [-0.15, -0.1) is 0 Å². The molecule has 0 aromatic heterocycles. The van der Waals surface area contributed by atoms with E-state index in [1.54, 1.807) is 0 Å². The van der Waals surface area contributed by atoms with Crippen molar-refractivity contribution < 1.29 is 27.8 Å². The Kier molecular flexibility index (Phi) is 3.80. The first-order valence-electron chi connectivity index (χ1n) is 5.34. The van der Waals surface area contributed by atoms with E-state index in [-0.39, 0.29) is 11.5 Å². The van der Waals surface area contributed by atoms with Gasteiger partial charge in [0.15, 0.2) is 0 Å². The number of nitrogens with zero attached hydrogens (tertiary/aromatic N) is 1. The molecule has 6 nitrogen and oxygen atoms in total. The van der Waals surface area contributed by atoms with Crippen molar-refractivity contribution in [3.63, 3.8) is 0 Å². The first-order chi connectivity index (χ1) is 8.62. The van der Waals surface area contributed by atoms with Gasteiger partial charge in [-0.2, -0.15) is 13.2 Å². The van der Waals surface area contributed by atoms with Gasteiger partial charge in [-0.05, 0) is 6.92 Å². The highest BCUT2D eigenvalue weighted by atomic mass is 19.4. The van der Waals surface area contributed by atoms with Crippen molar-refractivity contribution >= 4 is 11.8 Å². The normalized spacial score (nSPS) is 23.9. The fourth-order valence-electron chi connectivity index (χ4n) is 1.81. The molecular formula is C10H14F3N3O3. The van der Waals surface area contributed by atoms with Crippen LogP contribution in [-0.4, -0.2) is 54.4 Å². The summed E-state index contributed by atoms with van der Waals surface area (Å²) >= 11 is 0. The summed E-state index contributed by atoms with van der Waals surface area (Å²) in [5, 5.41) is 19.7. The fraction of sp³-hybridized carbons (Fsp3) is 0.600. The number of alkyl halides is 3. The van der Waals surface area contributed by atoms with Gasteiger partial charge in [-0.25, -0.2) is 4.79 Å². The Labute approximate surface area is 107 Å². The van der Waals surface area contributed by atoms with Crippen LogP contribution in [-0.2, 0) is 9.53 Å². The molecule has 0 radical (unpaired) electrons. The van der Waals surface area contributed by atoms with Crippen molar-refractivity contribution in [3.05, 3.63) is 11.3 Å². The van der Waals surface area contributed by atoms with Crippen LogP contribution in [0.2, 0.25) is 0 Å². The van der Waals surface area contributed by atoms with Gasteiger partial charge in [0.25, 0.3) is 5.72 Å². The van der Waals surface area contributed by atoms with E-state index < -0.39 is 35.0 Å². The second-order valence-corrected chi connectivity index (χ2v) is 3.80. The first kappa shape index (κ1) is 15.3. The monoisotopic (exact) mass is 281 g/mol. The zero-order valence-corrected chi connectivity index (χ0v) is 10.6. The van der Waals surface area contributed by atoms with Gasteiger partial charge >= 0.3 is 12.1 Å². The summed E-state index contributed by atoms with van der Waals surface area (Å²) in [7, 11) is 2.12. The summed E-state index contributed by atoms with van der Waals surface area (Å²) < 4.78 is 43.7. The van der Waals surface area contributed by atoms with Crippen LogP contribution in [0.5, 0.6) is 0 Å². The van der Waals surface area contributed by atoms with E-state index in [4.69, 9.17) is 5.41 Å². The summed E-state index contributed by atoms with van der Waals surface area (Å²) in [6, 6.07) is 0. The maximum atomic E-state index is 13.1. The van der Waals surface area contributed by atoms with Crippen molar-refractivity contribution in [1.29, 1.82) is 5.41 Å². The molecule has 1 heterocycles. The summed E-state index contributed by atoms with van der Waals surface area (Å²) in [5.74, 6) is -1.97. The smallest absolute Gasteiger partial charge is 0.441 e. The molecule has 0 amide bonds. The Morgan fingerprint density at radius 1 is 1.58 bits per heavy atom. The Bertz CT molecular complexity index is 447. The predicted octanol–water partition coefficient (Wildman–Crippen LogP) is 0.197. The van der Waals surface area contributed by atoms with E-state index in [1.165, 1.54) is 14.0 Å². The van der Waals surface area contributed by atoms with Crippen LogP contribution < -0.4 is 5.32 Å². The van der Waals surface area contributed by atoms with Crippen LogP contribution in [0.3, 0.4) is 0 Å². The van der Waals surface area contributed by atoms with E-state index in [2.05, 4.69) is 10.1 Å². The van der Waals surface area contributed by atoms with Gasteiger partial charge in [-0.1, -0.05) is 0 Å². The zero-order chi connectivity index (χ0) is 15.0. The van der Waals surface area contributed by atoms with Crippen molar-refractivity contribution in [2.45, 2.75) is 18.8 Å². The standard InChI is InChI=1S/C10H14F3N3O3/c1-4-19-8(17)5-6(15-2)7(14)16(3)9(5,18)10(11,12)13/h14-15,18H,4H2,1-3H3. The number of carbonyl (C=O) groups is 1. The average molecular weight is 281 g/mol. The van der Waals surface area contributed by atoms with Crippen LogP contribution in [0.4, 0.5) is 13.2 Å². The molecular weight excluding hydrogens is 267 g/mol. The van der Waals surface area contributed by atoms with E-state index in [9.17, 15) is 23.1 Å². The number of halogens is 3. The predicted molar refractivity (Wildman–Crippen MR) is 59.2 cm³/mol. The molecule has 0 bridgehead atoms. The molecule has 0 aromatic rings. The van der Waals surface area contributed by atoms with Crippen LogP contribution in [0.15, 0.2) is 11.3 Å². The Hall–Kier alpha value is -1.77. The number of likely N-dealkylation sites (N-methyl/N-ethyl adjacent to an activating group) is 2. The molecule has 0 saturated carbocycles. The lowest BCUT2D eigenvalue weighted by molar-refractivity contribution is -0.278. The molecule has 19 heavy (non-hydrogen) atoms. The summed E-state index contributed by atoms with van der Waals surface area (Å²) in [6.07, 6.45) is -5.16. The summed E-state index contributed by atoms with van der Waals surface area (Å²) in [5.41, 5.74) is -5.02. The largest absolute Gasteiger partial charge is 0.462 e. The number of carbonyl (C=O) groups excluding carboxylic acids is 1. The van der Waals surface area contributed by atoms with Gasteiger partial charge in [0.2, 0.25) is 0 Å². The zero-order valence-electron chi connectivity index (χ0n) is 10.6.